The first-order valence-corrected chi connectivity index (χ1v) is 7.15. The predicted molar refractivity (Wildman–Crippen MR) is 77.0 cm³/mol. The Labute approximate surface area is 122 Å². The summed E-state index contributed by atoms with van der Waals surface area (Å²) in [6, 6.07) is 13.6. The molecule has 0 spiro atoms. The maximum absolute atomic E-state index is 13.7. The van der Waals surface area contributed by atoms with Crippen LogP contribution in [0.25, 0.3) is 0 Å². The fourth-order valence-electron chi connectivity index (χ4n) is 3.04. The van der Waals surface area contributed by atoms with E-state index in [0.29, 0.717) is 0 Å². The molecule has 2 aromatic carbocycles. The molecule has 108 valence electrons. The number of carbonyl (C=O) groups excluding carboxylic acids is 1. The standard InChI is InChI=1S/C18H16F2O/c19-15-9-4-6-13(17(15)20)12-16(21)18(10-5-11-18)14-7-2-1-3-8-14/h1-4,6-9H,5,10-12H2. The van der Waals surface area contributed by atoms with Crippen LogP contribution in [0.2, 0.25) is 0 Å². The van der Waals surface area contributed by atoms with Gasteiger partial charge < -0.3 is 0 Å². The summed E-state index contributed by atoms with van der Waals surface area (Å²) in [6.45, 7) is 0. The van der Waals surface area contributed by atoms with Crippen molar-refractivity contribution in [2.45, 2.75) is 31.1 Å². The van der Waals surface area contributed by atoms with Crippen molar-refractivity contribution in [3.8, 4) is 0 Å². The molecule has 0 aliphatic heterocycles. The van der Waals surface area contributed by atoms with E-state index in [1.54, 1.807) is 0 Å². The van der Waals surface area contributed by atoms with Gasteiger partial charge in [0.1, 0.15) is 5.78 Å². The number of carbonyl (C=O) groups is 1. The molecule has 0 aromatic heterocycles. The molecule has 1 aliphatic rings. The summed E-state index contributed by atoms with van der Waals surface area (Å²) < 4.78 is 27.0. The third-order valence-corrected chi connectivity index (χ3v) is 4.45. The molecule has 21 heavy (non-hydrogen) atoms. The molecule has 0 N–H and O–H groups in total. The fourth-order valence-corrected chi connectivity index (χ4v) is 3.04. The van der Waals surface area contributed by atoms with Crippen molar-refractivity contribution in [2.24, 2.45) is 0 Å². The Hall–Kier alpha value is -2.03. The molecule has 1 aliphatic carbocycles. The minimum Gasteiger partial charge on any atom is -0.298 e. The summed E-state index contributed by atoms with van der Waals surface area (Å²) in [5.41, 5.74) is 0.611. The number of hydrogen-bond donors (Lipinski definition) is 0. The Balaban J connectivity index is 1.89. The van der Waals surface area contributed by atoms with Crippen LogP contribution in [0.4, 0.5) is 8.78 Å². The van der Waals surface area contributed by atoms with Crippen molar-refractivity contribution >= 4 is 5.78 Å². The van der Waals surface area contributed by atoms with Gasteiger partial charge in [0.25, 0.3) is 0 Å². The molecule has 0 heterocycles. The Morgan fingerprint density at radius 3 is 2.33 bits per heavy atom. The van der Waals surface area contributed by atoms with Crippen molar-refractivity contribution in [1.29, 1.82) is 0 Å². The largest absolute Gasteiger partial charge is 0.298 e. The molecule has 0 amide bonds. The summed E-state index contributed by atoms with van der Waals surface area (Å²) >= 11 is 0. The summed E-state index contributed by atoms with van der Waals surface area (Å²) in [5.74, 6) is -1.83. The highest BCUT2D eigenvalue weighted by Crippen LogP contribution is 2.45. The van der Waals surface area contributed by atoms with Gasteiger partial charge in [-0.1, -0.05) is 48.9 Å². The van der Waals surface area contributed by atoms with E-state index in [-0.39, 0.29) is 17.8 Å². The van der Waals surface area contributed by atoms with Crippen molar-refractivity contribution in [3.63, 3.8) is 0 Å². The molecule has 0 atom stereocenters. The summed E-state index contributed by atoms with van der Waals surface area (Å²) in [6.07, 6.45) is 2.50. The van der Waals surface area contributed by atoms with Gasteiger partial charge in [-0.25, -0.2) is 8.78 Å². The van der Waals surface area contributed by atoms with Crippen molar-refractivity contribution in [1.82, 2.24) is 0 Å². The molecule has 0 unspecified atom stereocenters. The highest BCUT2D eigenvalue weighted by Gasteiger charge is 2.44. The lowest BCUT2D eigenvalue weighted by Crippen LogP contribution is -2.43. The van der Waals surface area contributed by atoms with Gasteiger partial charge in [0.15, 0.2) is 11.6 Å². The van der Waals surface area contributed by atoms with Gasteiger partial charge >= 0.3 is 0 Å². The molecule has 0 radical (unpaired) electrons. The highest BCUT2D eigenvalue weighted by atomic mass is 19.2. The van der Waals surface area contributed by atoms with E-state index in [1.165, 1.54) is 12.1 Å². The van der Waals surface area contributed by atoms with Crippen LogP contribution in [-0.4, -0.2) is 5.78 Å². The maximum Gasteiger partial charge on any atom is 0.162 e. The van der Waals surface area contributed by atoms with E-state index in [1.807, 2.05) is 30.3 Å². The quantitative estimate of drug-likeness (QED) is 0.823. The first-order valence-electron chi connectivity index (χ1n) is 7.15. The van der Waals surface area contributed by atoms with Gasteiger partial charge in [0.2, 0.25) is 0 Å². The van der Waals surface area contributed by atoms with Gasteiger partial charge in [-0.3, -0.25) is 4.79 Å². The number of Topliss-reactive ketones (excluding diaryl/α,β-unsaturated/α-hetero) is 1. The first kappa shape index (κ1) is 13.9. The molecule has 0 bridgehead atoms. The van der Waals surface area contributed by atoms with Crippen LogP contribution in [-0.2, 0) is 16.6 Å². The Kier molecular flexibility index (Phi) is 3.58. The molecule has 3 rings (SSSR count). The zero-order valence-corrected chi connectivity index (χ0v) is 11.6. The molecule has 2 aromatic rings. The first-order chi connectivity index (χ1) is 10.1. The van der Waals surface area contributed by atoms with Gasteiger partial charge in [0.05, 0.1) is 5.41 Å². The Morgan fingerprint density at radius 1 is 1.00 bits per heavy atom. The summed E-state index contributed by atoms with van der Waals surface area (Å²) in [4.78, 5) is 12.7. The average molecular weight is 286 g/mol. The zero-order chi connectivity index (χ0) is 14.9. The van der Waals surface area contributed by atoms with Gasteiger partial charge in [0, 0.05) is 6.42 Å². The molecular weight excluding hydrogens is 270 g/mol. The lowest BCUT2D eigenvalue weighted by molar-refractivity contribution is -0.127. The summed E-state index contributed by atoms with van der Waals surface area (Å²) in [7, 11) is 0. The zero-order valence-electron chi connectivity index (χ0n) is 11.6. The van der Waals surface area contributed by atoms with Crippen molar-refractivity contribution in [3.05, 3.63) is 71.3 Å². The molecule has 1 nitrogen and oxygen atoms in total. The van der Waals surface area contributed by atoms with Gasteiger partial charge in [-0.05, 0) is 30.0 Å². The third-order valence-electron chi connectivity index (χ3n) is 4.45. The number of halogens is 2. The van der Waals surface area contributed by atoms with E-state index in [2.05, 4.69) is 0 Å². The van der Waals surface area contributed by atoms with Gasteiger partial charge in [-0.15, -0.1) is 0 Å². The van der Waals surface area contributed by atoms with Crippen molar-refractivity contribution in [2.75, 3.05) is 0 Å². The molecular formula is C18H16F2O. The second kappa shape index (κ2) is 5.40. The lowest BCUT2D eigenvalue weighted by Gasteiger charge is -2.41. The van der Waals surface area contributed by atoms with Crippen LogP contribution < -0.4 is 0 Å². The SMILES string of the molecule is O=C(Cc1cccc(F)c1F)C1(c2ccccc2)CCC1. The van der Waals surface area contributed by atoms with Crippen LogP contribution >= 0.6 is 0 Å². The van der Waals surface area contributed by atoms with Crippen LogP contribution in [0.15, 0.2) is 48.5 Å². The second-order valence-corrected chi connectivity index (χ2v) is 5.61. The minimum atomic E-state index is -0.909. The summed E-state index contributed by atoms with van der Waals surface area (Å²) in [5, 5.41) is 0. The lowest BCUT2D eigenvalue weighted by atomic mass is 9.61. The fraction of sp³-hybridized carbons (Fsp3) is 0.278. The van der Waals surface area contributed by atoms with E-state index in [4.69, 9.17) is 0 Å². The molecule has 0 saturated heterocycles. The third kappa shape index (κ3) is 2.37. The number of hydrogen-bond acceptors (Lipinski definition) is 1. The molecule has 1 saturated carbocycles. The van der Waals surface area contributed by atoms with Crippen LogP contribution in [0.1, 0.15) is 30.4 Å². The van der Waals surface area contributed by atoms with Crippen LogP contribution in [0, 0.1) is 11.6 Å². The van der Waals surface area contributed by atoms with Crippen LogP contribution in [0.5, 0.6) is 0 Å². The smallest absolute Gasteiger partial charge is 0.162 e. The topological polar surface area (TPSA) is 17.1 Å². The average Bonchev–Trinajstić information content (AvgIpc) is 2.44. The number of benzene rings is 2. The number of rotatable bonds is 4. The Bertz CT molecular complexity index is 660. The normalized spacial score (nSPS) is 16.3. The van der Waals surface area contributed by atoms with Gasteiger partial charge in [-0.2, -0.15) is 0 Å². The predicted octanol–water partition coefficient (Wildman–Crippen LogP) is 4.20. The number of ketones is 1. The van der Waals surface area contributed by atoms with E-state index in [9.17, 15) is 13.6 Å². The second-order valence-electron chi connectivity index (χ2n) is 5.61. The molecule has 3 heteroatoms. The highest BCUT2D eigenvalue weighted by molar-refractivity contribution is 5.92. The van der Waals surface area contributed by atoms with E-state index in [0.717, 1.165) is 30.9 Å². The van der Waals surface area contributed by atoms with E-state index >= 15 is 0 Å². The van der Waals surface area contributed by atoms with Crippen molar-refractivity contribution < 1.29 is 13.6 Å². The monoisotopic (exact) mass is 286 g/mol. The molecule has 1 fully saturated rings. The Morgan fingerprint density at radius 2 is 1.71 bits per heavy atom. The van der Waals surface area contributed by atoms with E-state index < -0.39 is 17.0 Å². The van der Waals surface area contributed by atoms with Crippen LogP contribution in [0.3, 0.4) is 0 Å². The minimum absolute atomic E-state index is 0.0237. The maximum atomic E-state index is 13.7.